The summed E-state index contributed by atoms with van der Waals surface area (Å²) in [6, 6.07) is 20.5. The van der Waals surface area contributed by atoms with Gasteiger partial charge in [-0.3, -0.25) is 14.6 Å². The molecule has 1 amide bonds. The number of thiophene rings is 1. The van der Waals surface area contributed by atoms with E-state index >= 15 is 0 Å². The fourth-order valence-corrected chi connectivity index (χ4v) is 5.96. The van der Waals surface area contributed by atoms with Gasteiger partial charge in [-0.25, -0.2) is 0 Å². The smallest absolute Gasteiger partial charge is 0.267 e. The van der Waals surface area contributed by atoms with E-state index in [0.717, 1.165) is 39.1 Å². The van der Waals surface area contributed by atoms with Gasteiger partial charge in [0.05, 0.1) is 29.8 Å². The van der Waals surface area contributed by atoms with Crippen LogP contribution in [0.3, 0.4) is 0 Å². The van der Waals surface area contributed by atoms with Crippen LogP contribution in [0, 0.1) is 0 Å². The molecule has 36 heavy (non-hydrogen) atoms. The summed E-state index contributed by atoms with van der Waals surface area (Å²) in [7, 11) is 1.63. The zero-order valence-electron chi connectivity index (χ0n) is 20.2. The van der Waals surface area contributed by atoms with Crippen molar-refractivity contribution in [2.24, 2.45) is 4.99 Å². The van der Waals surface area contributed by atoms with Crippen LogP contribution in [-0.4, -0.2) is 30.1 Å². The highest BCUT2D eigenvalue weighted by atomic mass is 35.5. The van der Waals surface area contributed by atoms with Crippen molar-refractivity contribution < 1.29 is 14.3 Å². The Bertz CT molecular complexity index is 1540. The summed E-state index contributed by atoms with van der Waals surface area (Å²) in [5.41, 5.74) is 3.59. The monoisotopic (exact) mass is 516 g/mol. The number of amides is 1. The van der Waals surface area contributed by atoms with E-state index < -0.39 is 0 Å². The van der Waals surface area contributed by atoms with Crippen LogP contribution in [-0.2, 0) is 6.42 Å². The molecule has 0 saturated heterocycles. The predicted octanol–water partition coefficient (Wildman–Crippen LogP) is 7.21. The number of halogens is 1. The molecule has 0 fully saturated rings. The van der Waals surface area contributed by atoms with Gasteiger partial charge in [0, 0.05) is 26.9 Å². The average Bonchev–Trinajstić information content (AvgIpc) is 3.20. The molecule has 0 saturated carbocycles. The number of rotatable bonds is 6. The van der Waals surface area contributed by atoms with E-state index in [1.54, 1.807) is 31.4 Å². The molecule has 0 aliphatic carbocycles. The molecule has 1 N–H and O–H groups in total. The molecule has 182 valence electrons. The second-order valence-corrected chi connectivity index (χ2v) is 10.9. The minimum absolute atomic E-state index is 0.0730. The van der Waals surface area contributed by atoms with E-state index in [0.29, 0.717) is 21.2 Å². The molecule has 1 aromatic heterocycles. The van der Waals surface area contributed by atoms with Gasteiger partial charge in [0.15, 0.2) is 5.78 Å². The summed E-state index contributed by atoms with van der Waals surface area (Å²) in [5.74, 6) is 0.361. The lowest BCUT2D eigenvalue weighted by molar-refractivity contribution is 0.0997. The Morgan fingerprint density at radius 1 is 1.08 bits per heavy atom. The molecular formula is C29H25ClN2O3S. The molecule has 0 unspecified atom stereocenters. The molecule has 0 radical (unpaired) electrons. The minimum atomic E-state index is -0.301. The number of nitrogens with one attached hydrogen (secondary N) is 1. The lowest BCUT2D eigenvalue weighted by atomic mass is 9.85. The molecule has 4 aromatic rings. The molecule has 2 heterocycles. The first-order valence-corrected chi connectivity index (χ1v) is 12.8. The number of anilines is 1. The number of fused-ring (bicyclic) bond motifs is 2. The Hall–Kier alpha value is -3.48. The van der Waals surface area contributed by atoms with Crippen LogP contribution in [0.5, 0.6) is 5.75 Å². The number of hydrogen-bond acceptors (Lipinski definition) is 5. The van der Waals surface area contributed by atoms with Crippen molar-refractivity contribution in [2.75, 3.05) is 12.4 Å². The summed E-state index contributed by atoms with van der Waals surface area (Å²) < 4.78 is 6.35. The highest BCUT2D eigenvalue weighted by Gasteiger charge is 2.28. The predicted molar refractivity (Wildman–Crippen MR) is 147 cm³/mol. The normalized spacial score (nSPS) is 14.2. The maximum Gasteiger partial charge on any atom is 0.267 e. The van der Waals surface area contributed by atoms with Crippen LogP contribution in [0.1, 0.15) is 51.4 Å². The van der Waals surface area contributed by atoms with Gasteiger partial charge < -0.3 is 10.1 Å². The molecule has 3 aromatic carbocycles. The van der Waals surface area contributed by atoms with Crippen LogP contribution in [0.25, 0.3) is 10.1 Å². The van der Waals surface area contributed by atoms with E-state index in [-0.39, 0.29) is 23.7 Å². The lowest BCUT2D eigenvalue weighted by Crippen LogP contribution is -2.30. The second kappa shape index (κ2) is 9.52. The van der Waals surface area contributed by atoms with Crippen LogP contribution in [0.4, 0.5) is 5.69 Å². The van der Waals surface area contributed by atoms with Crippen molar-refractivity contribution >= 4 is 56.1 Å². The number of aliphatic imine (C=N–C) groups is 1. The third-order valence-corrected chi connectivity index (χ3v) is 7.87. The van der Waals surface area contributed by atoms with Gasteiger partial charge >= 0.3 is 0 Å². The van der Waals surface area contributed by atoms with Crippen molar-refractivity contribution in [3.8, 4) is 5.75 Å². The summed E-state index contributed by atoms with van der Waals surface area (Å²) in [4.78, 5) is 31.6. The highest BCUT2D eigenvalue weighted by molar-refractivity contribution is 7.21. The molecule has 0 atom stereocenters. The van der Waals surface area contributed by atoms with Gasteiger partial charge in [0.2, 0.25) is 0 Å². The van der Waals surface area contributed by atoms with E-state index in [2.05, 4.69) is 19.2 Å². The summed E-state index contributed by atoms with van der Waals surface area (Å²) in [6.07, 6.45) is 0.953. The number of ether oxygens (including phenoxy) is 1. The number of hydrogen-bond donors (Lipinski definition) is 1. The fourth-order valence-electron chi connectivity index (χ4n) is 4.54. The number of methoxy groups -OCH3 is 1. The summed E-state index contributed by atoms with van der Waals surface area (Å²) >= 11 is 7.81. The second-order valence-electron chi connectivity index (χ2n) is 9.45. The topological polar surface area (TPSA) is 67.8 Å². The zero-order chi connectivity index (χ0) is 25.4. The molecule has 5 nitrogen and oxygen atoms in total. The van der Waals surface area contributed by atoms with Crippen LogP contribution < -0.4 is 10.1 Å². The summed E-state index contributed by atoms with van der Waals surface area (Å²) in [6.45, 7) is 4.14. The standard InChI is InChI=1S/C29H25ClN2O3S/c1-29(2)16-18-11-12-20(35-3)14-22(18)23(32-29)15-24(33)17-7-6-8-19(13-17)31-28(34)27-26(30)21-9-4-5-10-25(21)36-27/h4-14H,15-16H2,1-3H3,(H,31,34). The summed E-state index contributed by atoms with van der Waals surface area (Å²) in [5, 5.41) is 4.18. The van der Waals surface area contributed by atoms with Crippen molar-refractivity contribution in [3.63, 3.8) is 0 Å². The molecular weight excluding hydrogens is 492 g/mol. The first-order valence-electron chi connectivity index (χ1n) is 11.6. The van der Waals surface area contributed by atoms with Crippen molar-refractivity contribution in [3.05, 3.63) is 93.3 Å². The highest BCUT2D eigenvalue weighted by Crippen LogP contribution is 2.36. The van der Waals surface area contributed by atoms with Gasteiger partial charge in [0.25, 0.3) is 5.91 Å². The van der Waals surface area contributed by atoms with E-state index in [1.165, 1.54) is 11.3 Å². The number of ketones is 1. The molecule has 5 rings (SSSR count). The zero-order valence-corrected chi connectivity index (χ0v) is 21.8. The van der Waals surface area contributed by atoms with Crippen LogP contribution in [0.15, 0.2) is 71.7 Å². The first-order chi connectivity index (χ1) is 17.2. The van der Waals surface area contributed by atoms with Gasteiger partial charge in [-0.05, 0) is 56.2 Å². The molecule has 7 heteroatoms. The Kier molecular flexibility index (Phi) is 6.41. The SMILES string of the molecule is COc1ccc2c(c1)C(CC(=O)c1cccc(NC(=O)c3sc4ccccc4c3Cl)c1)=NC(C)(C)C2. The van der Waals surface area contributed by atoms with E-state index in [9.17, 15) is 9.59 Å². The molecule has 0 bridgehead atoms. The Morgan fingerprint density at radius 2 is 1.89 bits per heavy atom. The number of carbonyl (C=O) groups is 2. The quantitative estimate of drug-likeness (QED) is 0.275. The maximum absolute atomic E-state index is 13.3. The van der Waals surface area contributed by atoms with Crippen LogP contribution >= 0.6 is 22.9 Å². The van der Waals surface area contributed by atoms with Crippen molar-refractivity contribution in [2.45, 2.75) is 32.2 Å². The Morgan fingerprint density at radius 3 is 2.67 bits per heavy atom. The molecule has 1 aliphatic rings. The molecule has 0 spiro atoms. The van der Waals surface area contributed by atoms with Gasteiger partial charge in [0.1, 0.15) is 10.6 Å². The lowest BCUT2D eigenvalue weighted by Gasteiger charge is -2.29. The minimum Gasteiger partial charge on any atom is -0.497 e. The maximum atomic E-state index is 13.3. The first kappa shape index (κ1) is 24.2. The Labute approximate surface area is 218 Å². The molecule has 1 aliphatic heterocycles. The average molecular weight is 517 g/mol. The largest absolute Gasteiger partial charge is 0.497 e. The third kappa shape index (κ3) is 4.79. The number of nitrogens with zero attached hydrogens (tertiary/aromatic N) is 1. The van der Waals surface area contributed by atoms with Crippen molar-refractivity contribution in [1.82, 2.24) is 0 Å². The number of carbonyl (C=O) groups excluding carboxylic acids is 2. The van der Waals surface area contributed by atoms with E-state index in [4.69, 9.17) is 21.3 Å². The van der Waals surface area contributed by atoms with Gasteiger partial charge in [-0.15, -0.1) is 11.3 Å². The van der Waals surface area contributed by atoms with E-state index in [1.807, 2.05) is 42.5 Å². The van der Waals surface area contributed by atoms with Crippen LogP contribution in [0.2, 0.25) is 5.02 Å². The number of benzene rings is 3. The van der Waals surface area contributed by atoms with Gasteiger partial charge in [-0.1, -0.05) is 48.0 Å². The van der Waals surface area contributed by atoms with Crippen molar-refractivity contribution in [1.29, 1.82) is 0 Å². The number of Topliss-reactive ketones (excluding diaryl/α,β-unsaturated/α-hetero) is 1. The van der Waals surface area contributed by atoms with Gasteiger partial charge in [-0.2, -0.15) is 0 Å². The Balaban J connectivity index is 1.38. The fraction of sp³-hybridized carbons (Fsp3) is 0.207. The third-order valence-electron chi connectivity index (χ3n) is 6.20.